The third-order valence-corrected chi connectivity index (χ3v) is 15.6. The molecule has 0 unspecified atom stereocenters. The van der Waals surface area contributed by atoms with Gasteiger partial charge in [-0.1, -0.05) is 206 Å². The van der Waals surface area contributed by atoms with Crippen molar-refractivity contribution in [1.82, 2.24) is 0 Å². The maximum absolute atomic E-state index is 6.77. The fraction of sp³-hybridized carbons (Fsp3) is 0.0323. The third kappa shape index (κ3) is 4.80. The Morgan fingerprint density at radius 2 is 0.769 bits per heavy atom. The Balaban J connectivity index is 1.15. The molecule has 2 aliphatic heterocycles. The highest BCUT2D eigenvalue weighted by Crippen LogP contribution is 2.67. The van der Waals surface area contributed by atoms with E-state index in [-0.39, 0.29) is 0 Å². The summed E-state index contributed by atoms with van der Waals surface area (Å²) in [6.45, 7) is 0. The average molecular weight is 846 g/mol. The van der Waals surface area contributed by atoms with Crippen LogP contribution >= 0.6 is 11.8 Å². The largest absolute Gasteiger partial charge is 0.457 e. The minimum absolute atomic E-state index is 0.601. The zero-order valence-electron chi connectivity index (χ0n) is 35.3. The molecule has 3 heteroatoms. The molecule has 4 aliphatic rings. The molecule has 0 N–H and O–H groups in total. The first-order valence-corrected chi connectivity index (χ1v) is 23.2. The van der Waals surface area contributed by atoms with Gasteiger partial charge in [-0.2, -0.15) is 0 Å². The number of ether oxygens (including phenoxy) is 1. The van der Waals surface area contributed by atoms with Gasteiger partial charge in [0.05, 0.1) is 27.9 Å². The summed E-state index contributed by atoms with van der Waals surface area (Å²) in [6, 6.07) is 87.7. The lowest BCUT2D eigenvalue weighted by Gasteiger charge is -2.42. The maximum atomic E-state index is 6.77. The monoisotopic (exact) mass is 845 g/mol. The lowest BCUT2D eigenvalue weighted by Crippen LogP contribution is -2.33. The Bertz CT molecular complexity index is 3500. The van der Waals surface area contributed by atoms with Gasteiger partial charge in [0.15, 0.2) is 0 Å². The smallest absolute Gasteiger partial charge is 0.132 e. The molecule has 0 saturated carbocycles. The topological polar surface area (TPSA) is 12.5 Å². The van der Waals surface area contributed by atoms with E-state index in [1.165, 1.54) is 71.0 Å². The molecule has 0 atom stereocenters. The standard InChI is InChI=1S/C62H39NOS/c1-2-20-40(21-3-1)41-22-6-13-33-52(41)63(53-34-19-32-51-59(53)44-24-5-8-27-46(44)61(51)47-28-9-14-36-55(47)64-56-37-15-10-29-48(56)61)54-35-18-25-43-42-23-4-7-26-45(42)62(60(43)54)49-30-11-16-38-57(49)65-58-39-17-12-31-50(58)62/h1-39H. The summed E-state index contributed by atoms with van der Waals surface area (Å²) >= 11 is 1.89. The minimum atomic E-state index is -0.618. The molecular formula is C62H39NOS. The highest BCUT2D eigenvalue weighted by Gasteiger charge is 2.54. The zero-order chi connectivity index (χ0) is 42.7. The number of benzene rings is 10. The molecular weight excluding hydrogens is 807 g/mol. The van der Waals surface area contributed by atoms with Crippen LogP contribution in [0.5, 0.6) is 11.5 Å². The van der Waals surface area contributed by atoms with Crippen LogP contribution in [0.3, 0.4) is 0 Å². The van der Waals surface area contributed by atoms with E-state index in [2.05, 4.69) is 241 Å². The predicted octanol–water partition coefficient (Wildman–Crippen LogP) is 16.1. The number of nitrogens with zero attached hydrogens (tertiary/aromatic N) is 1. The fourth-order valence-corrected chi connectivity index (χ4v) is 13.3. The number of anilines is 3. The third-order valence-electron chi connectivity index (χ3n) is 14.4. The van der Waals surface area contributed by atoms with Crippen molar-refractivity contribution in [1.29, 1.82) is 0 Å². The first-order valence-electron chi connectivity index (χ1n) is 22.4. The number of para-hydroxylation sites is 3. The minimum Gasteiger partial charge on any atom is -0.457 e. The van der Waals surface area contributed by atoms with Crippen LogP contribution in [0, 0.1) is 0 Å². The van der Waals surface area contributed by atoms with Crippen LogP contribution in [0.25, 0.3) is 33.4 Å². The molecule has 0 aromatic heterocycles. The molecule has 0 fully saturated rings. The van der Waals surface area contributed by atoms with E-state index in [1.807, 2.05) is 11.8 Å². The first kappa shape index (κ1) is 36.6. The van der Waals surface area contributed by atoms with Gasteiger partial charge in [-0.25, -0.2) is 0 Å². The summed E-state index contributed by atoms with van der Waals surface area (Å²) in [5.74, 6) is 1.78. The average Bonchev–Trinajstić information content (AvgIpc) is 3.84. The van der Waals surface area contributed by atoms with Crippen molar-refractivity contribution in [2.45, 2.75) is 20.6 Å². The Morgan fingerprint density at radius 3 is 1.46 bits per heavy atom. The molecule has 304 valence electrons. The van der Waals surface area contributed by atoms with Gasteiger partial charge in [-0.05, 0) is 92.5 Å². The highest BCUT2D eigenvalue weighted by molar-refractivity contribution is 7.99. The fourth-order valence-electron chi connectivity index (χ4n) is 12.1. The number of rotatable bonds is 4. The quantitative estimate of drug-likeness (QED) is 0.175. The van der Waals surface area contributed by atoms with E-state index in [1.54, 1.807) is 0 Å². The van der Waals surface area contributed by atoms with Gasteiger partial charge in [-0.15, -0.1) is 0 Å². The number of fused-ring (bicyclic) bond motifs is 18. The molecule has 2 spiro atoms. The number of hydrogen-bond donors (Lipinski definition) is 0. The number of hydrogen-bond acceptors (Lipinski definition) is 3. The molecule has 0 saturated heterocycles. The van der Waals surface area contributed by atoms with Crippen molar-refractivity contribution in [3.8, 4) is 44.9 Å². The SMILES string of the molecule is c1ccc(-c2ccccc2N(c2cccc3c2-c2ccccc2C32c3ccccc3Oc3ccccc32)c2cccc3c2C2(c4ccccc4Sc4ccccc42)c2ccccc2-3)cc1. The van der Waals surface area contributed by atoms with Crippen LogP contribution < -0.4 is 9.64 Å². The molecule has 0 bridgehead atoms. The van der Waals surface area contributed by atoms with E-state index in [4.69, 9.17) is 4.74 Å². The second-order valence-electron chi connectivity index (χ2n) is 17.4. The summed E-state index contributed by atoms with van der Waals surface area (Å²) in [5, 5.41) is 0. The normalized spacial score (nSPS) is 14.5. The molecule has 0 amide bonds. The van der Waals surface area contributed by atoms with E-state index < -0.39 is 10.8 Å². The second kappa shape index (κ2) is 13.8. The molecule has 2 aliphatic carbocycles. The van der Waals surface area contributed by atoms with Gasteiger partial charge < -0.3 is 9.64 Å². The van der Waals surface area contributed by atoms with Crippen LogP contribution in [0.15, 0.2) is 246 Å². The lowest BCUT2D eigenvalue weighted by atomic mass is 9.66. The Hall–Kier alpha value is -7.85. The van der Waals surface area contributed by atoms with Crippen LogP contribution in [0.2, 0.25) is 0 Å². The van der Waals surface area contributed by atoms with Crippen molar-refractivity contribution >= 4 is 28.8 Å². The zero-order valence-corrected chi connectivity index (χ0v) is 36.1. The van der Waals surface area contributed by atoms with Gasteiger partial charge in [0.2, 0.25) is 0 Å². The molecule has 14 rings (SSSR count). The van der Waals surface area contributed by atoms with Crippen LogP contribution in [0.4, 0.5) is 17.1 Å². The summed E-state index contributed by atoms with van der Waals surface area (Å²) in [7, 11) is 0. The van der Waals surface area contributed by atoms with Gasteiger partial charge in [-0.3, -0.25) is 0 Å². The van der Waals surface area contributed by atoms with Crippen LogP contribution in [-0.4, -0.2) is 0 Å². The van der Waals surface area contributed by atoms with Gasteiger partial charge in [0, 0.05) is 37.6 Å². The van der Waals surface area contributed by atoms with Crippen molar-refractivity contribution in [3.05, 3.63) is 281 Å². The van der Waals surface area contributed by atoms with Gasteiger partial charge in [0.25, 0.3) is 0 Å². The van der Waals surface area contributed by atoms with Gasteiger partial charge >= 0.3 is 0 Å². The molecule has 65 heavy (non-hydrogen) atoms. The predicted molar refractivity (Wildman–Crippen MR) is 265 cm³/mol. The second-order valence-corrected chi connectivity index (χ2v) is 18.5. The Morgan fingerprint density at radius 1 is 0.308 bits per heavy atom. The van der Waals surface area contributed by atoms with E-state index in [0.717, 1.165) is 45.3 Å². The van der Waals surface area contributed by atoms with Crippen molar-refractivity contribution in [3.63, 3.8) is 0 Å². The van der Waals surface area contributed by atoms with Gasteiger partial charge in [0.1, 0.15) is 11.5 Å². The van der Waals surface area contributed by atoms with Crippen molar-refractivity contribution in [2.24, 2.45) is 0 Å². The summed E-state index contributed by atoms with van der Waals surface area (Å²) < 4.78 is 6.77. The molecule has 2 nitrogen and oxygen atoms in total. The van der Waals surface area contributed by atoms with E-state index in [0.29, 0.717) is 0 Å². The molecule has 10 aromatic carbocycles. The van der Waals surface area contributed by atoms with Crippen molar-refractivity contribution < 1.29 is 4.74 Å². The molecule has 0 radical (unpaired) electrons. The first-order chi connectivity index (χ1) is 32.3. The summed E-state index contributed by atoms with van der Waals surface area (Å²) in [6.07, 6.45) is 0. The summed E-state index contributed by atoms with van der Waals surface area (Å²) in [4.78, 5) is 5.19. The Kier molecular flexibility index (Phi) is 7.79. The highest BCUT2D eigenvalue weighted by atomic mass is 32.2. The Labute approximate surface area is 383 Å². The van der Waals surface area contributed by atoms with Crippen LogP contribution in [0.1, 0.15) is 44.5 Å². The van der Waals surface area contributed by atoms with E-state index >= 15 is 0 Å². The summed E-state index contributed by atoms with van der Waals surface area (Å²) in [5.41, 5.74) is 19.5. The maximum Gasteiger partial charge on any atom is 0.132 e. The molecule has 10 aromatic rings. The lowest BCUT2D eigenvalue weighted by molar-refractivity contribution is 0.436. The van der Waals surface area contributed by atoms with Crippen molar-refractivity contribution in [2.75, 3.05) is 4.90 Å². The molecule has 2 heterocycles. The van der Waals surface area contributed by atoms with E-state index in [9.17, 15) is 0 Å². The van der Waals surface area contributed by atoms with Crippen LogP contribution in [-0.2, 0) is 10.8 Å².